The zero-order chi connectivity index (χ0) is 15.3. The van der Waals surface area contributed by atoms with Crippen molar-refractivity contribution < 1.29 is 9.53 Å². The van der Waals surface area contributed by atoms with E-state index in [9.17, 15) is 4.79 Å². The number of fused-ring (bicyclic) bond motifs is 2. The summed E-state index contributed by atoms with van der Waals surface area (Å²) in [4.78, 5) is 11.0. The lowest BCUT2D eigenvalue weighted by atomic mass is 10.0. The van der Waals surface area contributed by atoms with Crippen molar-refractivity contribution in [2.45, 2.75) is 82.8 Å². The number of hydrazine groups is 1. The van der Waals surface area contributed by atoms with Gasteiger partial charge < -0.3 is 4.74 Å². The predicted octanol–water partition coefficient (Wildman–Crippen LogP) is 3.62. The summed E-state index contributed by atoms with van der Waals surface area (Å²) < 4.78 is 5.61. The maximum absolute atomic E-state index is 11.0. The molecule has 3 unspecified atom stereocenters. The van der Waals surface area contributed by atoms with Crippen LogP contribution in [0, 0.1) is 11.8 Å². The molecule has 22 heavy (non-hydrogen) atoms. The molecule has 0 aromatic rings. The topological polar surface area (TPSA) is 41.6 Å². The molecule has 0 aromatic carbocycles. The van der Waals surface area contributed by atoms with E-state index in [1.165, 1.54) is 51.4 Å². The zero-order valence-corrected chi connectivity index (χ0v) is 13.9. The van der Waals surface area contributed by atoms with Crippen molar-refractivity contribution in [1.82, 2.24) is 10.4 Å². The molecule has 0 amide bonds. The maximum atomic E-state index is 11.0. The summed E-state index contributed by atoms with van der Waals surface area (Å²) in [5.74, 6) is 1.79. The molecule has 4 heteroatoms. The molecule has 4 nitrogen and oxygen atoms in total. The lowest BCUT2D eigenvalue weighted by Crippen LogP contribution is -2.53. The molecule has 1 N–H and O–H groups in total. The Morgan fingerprint density at radius 1 is 0.955 bits per heavy atom. The van der Waals surface area contributed by atoms with Crippen LogP contribution in [0.1, 0.15) is 77.0 Å². The van der Waals surface area contributed by atoms with E-state index in [1.807, 2.05) is 0 Å². The van der Waals surface area contributed by atoms with Crippen LogP contribution in [0.25, 0.3) is 0 Å². The van der Waals surface area contributed by atoms with Gasteiger partial charge in [-0.3, -0.25) is 10.2 Å². The number of nitrogens with zero attached hydrogens (tertiary/aromatic N) is 1. The third kappa shape index (κ3) is 4.02. The Labute approximate surface area is 134 Å². The summed E-state index contributed by atoms with van der Waals surface area (Å²) in [5.41, 5.74) is 3.25. The van der Waals surface area contributed by atoms with Crippen molar-refractivity contribution in [3.8, 4) is 0 Å². The molecule has 0 radical (unpaired) electrons. The molecule has 3 atom stereocenters. The predicted molar refractivity (Wildman–Crippen MR) is 87.0 cm³/mol. The van der Waals surface area contributed by atoms with E-state index in [-0.39, 0.29) is 5.72 Å². The van der Waals surface area contributed by atoms with Crippen molar-refractivity contribution in [1.29, 1.82) is 0 Å². The minimum Gasteiger partial charge on any atom is -0.445 e. The van der Waals surface area contributed by atoms with Crippen LogP contribution in [0.15, 0.2) is 0 Å². The molecule has 3 rings (SSSR count). The van der Waals surface area contributed by atoms with Gasteiger partial charge in [-0.15, -0.1) is 0 Å². The van der Waals surface area contributed by atoms with E-state index < -0.39 is 0 Å². The number of nitrogens with one attached hydrogen (secondary N) is 1. The first-order valence-electron chi connectivity index (χ1n) is 9.47. The molecule has 1 saturated carbocycles. The molecule has 2 saturated heterocycles. The van der Waals surface area contributed by atoms with Crippen molar-refractivity contribution in [2.24, 2.45) is 11.8 Å². The van der Waals surface area contributed by atoms with Gasteiger partial charge in [0.25, 0.3) is 6.47 Å². The number of hydrogen-bond acceptors (Lipinski definition) is 4. The van der Waals surface area contributed by atoms with Crippen LogP contribution < -0.4 is 5.43 Å². The summed E-state index contributed by atoms with van der Waals surface area (Å²) in [6.45, 7) is 2.73. The van der Waals surface area contributed by atoms with Crippen molar-refractivity contribution in [3.05, 3.63) is 0 Å². The SMILES string of the molecule is O=COC12CCCCCCCCCC3CC3CNN1CCC2. The van der Waals surface area contributed by atoms with Gasteiger partial charge in [-0.25, -0.2) is 5.01 Å². The van der Waals surface area contributed by atoms with Crippen LogP contribution in [-0.4, -0.2) is 30.3 Å². The Morgan fingerprint density at radius 3 is 2.50 bits per heavy atom. The highest BCUT2D eigenvalue weighted by molar-refractivity contribution is 5.38. The molecule has 3 aliphatic rings. The largest absolute Gasteiger partial charge is 0.445 e. The number of hydrogen-bond donors (Lipinski definition) is 1. The standard InChI is InChI=1S/C18H32N2O2/c21-15-22-18-10-7-5-3-1-2-4-6-9-16-13-17(16)14-19-20(18)12-8-11-18/h15-17,19H,1-14H2. The van der Waals surface area contributed by atoms with Gasteiger partial charge in [0.1, 0.15) is 0 Å². The Hall–Kier alpha value is -0.610. The van der Waals surface area contributed by atoms with Crippen molar-refractivity contribution in [2.75, 3.05) is 13.1 Å². The first-order chi connectivity index (χ1) is 10.8. The summed E-state index contributed by atoms with van der Waals surface area (Å²) in [6, 6.07) is 0. The Balaban J connectivity index is 1.59. The fourth-order valence-corrected chi connectivity index (χ4v) is 4.44. The van der Waals surface area contributed by atoms with Gasteiger partial charge in [0, 0.05) is 25.9 Å². The minimum atomic E-state index is -0.369. The van der Waals surface area contributed by atoms with Crippen LogP contribution in [0.5, 0.6) is 0 Å². The zero-order valence-electron chi connectivity index (χ0n) is 13.9. The van der Waals surface area contributed by atoms with E-state index in [0.29, 0.717) is 6.47 Å². The molecule has 0 aromatic heterocycles. The van der Waals surface area contributed by atoms with Crippen LogP contribution >= 0.6 is 0 Å². The normalized spacial score (nSPS) is 38.2. The van der Waals surface area contributed by atoms with Gasteiger partial charge in [0.05, 0.1) is 0 Å². The van der Waals surface area contributed by atoms with Gasteiger partial charge in [-0.1, -0.05) is 44.9 Å². The van der Waals surface area contributed by atoms with Gasteiger partial charge in [-0.2, -0.15) is 0 Å². The van der Waals surface area contributed by atoms with Crippen LogP contribution in [0.2, 0.25) is 0 Å². The maximum Gasteiger partial charge on any atom is 0.294 e. The minimum absolute atomic E-state index is 0.369. The Kier molecular flexibility index (Phi) is 5.75. The molecular weight excluding hydrogens is 276 g/mol. The fourth-order valence-electron chi connectivity index (χ4n) is 4.44. The molecule has 2 aliphatic heterocycles. The van der Waals surface area contributed by atoms with Gasteiger partial charge >= 0.3 is 0 Å². The van der Waals surface area contributed by atoms with E-state index in [2.05, 4.69) is 10.4 Å². The van der Waals surface area contributed by atoms with Gasteiger partial charge in [0.15, 0.2) is 5.72 Å². The van der Waals surface area contributed by atoms with Gasteiger partial charge in [-0.05, 0) is 31.1 Å². The summed E-state index contributed by atoms with van der Waals surface area (Å²) >= 11 is 0. The first kappa shape index (κ1) is 16.3. The van der Waals surface area contributed by atoms with Gasteiger partial charge in [0.2, 0.25) is 0 Å². The summed E-state index contributed by atoms with van der Waals surface area (Å²) in [6.07, 6.45) is 15.3. The van der Waals surface area contributed by atoms with E-state index in [4.69, 9.17) is 4.74 Å². The Morgan fingerprint density at radius 2 is 1.68 bits per heavy atom. The lowest BCUT2D eigenvalue weighted by molar-refractivity contribution is -0.173. The average Bonchev–Trinajstić information content (AvgIpc) is 3.15. The monoisotopic (exact) mass is 308 g/mol. The van der Waals surface area contributed by atoms with Crippen LogP contribution in [-0.2, 0) is 9.53 Å². The summed E-state index contributed by atoms with van der Waals surface area (Å²) in [7, 11) is 0. The molecule has 0 spiro atoms. The van der Waals surface area contributed by atoms with Crippen LogP contribution in [0.4, 0.5) is 0 Å². The van der Waals surface area contributed by atoms with Crippen molar-refractivity contribution >= 4 is 6.47 Å². The lowest BCUT2D eigenvalue weighted by Gasteiger charge is -2.37. The quantitative estimate of drug-likeness (QED) is 0.791. The number of rotatable bonds is 2. The molecule has 126 valence electrons. The third-order valence-electron chi connectivity index (χ3n) is 5.96. The second-order valence-electron chi connectivity index (χ2n) is 7.55. The van der Waals surface area contributed by atoms with E-state index >= 15 is 0 Å². The highest BCUT2D eigenvalue weighted by atomic mass is 16.6. The second-order valence-corrected chi connectivity index (χ2v) is 7.55. The summed E-state index contributed by atoms with van der Waals surface area (Å²) in [5, 5.41) is 2.25. The van der Waals surface area contributed by atoms with E-state index in [1.54, 1.807) is 0 Å². The highest BCUT2D eigenvalue weighted by Crippen LogP contribution is 2.42. The number of carbonyl (C=O) groups excluding carboxylic acids is 1. The molecular formula is C18H32N2O2. The van der Waals surface area contributed by atoms with E-state index in [0.717, 1.165) is 50.6 Å². The second kappa shape index (κ2) is 7.78. The average molecular weight is 308 g/mol. The smallest absolute Gasteiger partial charge is 0.294 e. The molecule has 3 fully saturated rings. The van der Waals surface area contributed by atoms with Crippen LogP contribution in [0.3, 0.4) is 0 Å². The number of carbonyl (C=O) groups is 1. The third-order valence-corrected chi connectivity index (χ3v) is 5.96. The highest BCUT2D eigenvalue weighted by Gasteiger charge is 2.44. The molecule has 2 heterocycles. The number of ether oxygens (including phenoxy) is 1. The van der Waals surface area contributed by atoms with Crippen molar-refractivity contribution in [3.63, 3.8) is 0 Å². The Bertz CT molecular complexity index is 363. The molecule has 0 bridgehead atoms. The first-order valence-corrected chi connectivity index (χ1v) is 9.47. The molecule has 1 aliphatic carbocycles. The fraction of sp³-hybridized carbons (Fsp3) is 0.944.